The minimum atomic E-state index is -0.655. The predicted octanol–water partition coefficient (Wildman–Crippen LogP) is 6.08. The molecule has 0 aliphatic heterocycles. The van der Waals surface area contributed by atoms with Crippen LogP contribution >= 0.6 is 11.8 Å². The highest BCUT2D eigenvalue weighted by molar-refractivity contribution is 8.00. The van der Waals surface area contributed by atoms with Gasteiger partial charge in [0.15, 0.2) is 0 Å². The summed E-state index contributed by atoms with van der Waals surface area (Å²) in [7, 11) is 1.76. The van der Waals surface area contributed by atoms with E-state index in [9.17, 15) is 9.59 Å². The number of hydrogen-bond acceptors (Lipinski definition) is 4. The number of thioether (sulfide) groups is 1. The molecule has 5 nitrogen and oxygen atoms in total. The second-order valence-electron chi connectivity index (χ2n) is 8.62. The van der Waals surface area contributed by atoms with E-state index in [-0.39, 0.29) is 5.91 Å². The zero-order valence-electron chi connectivity index (χ0n) is 19.4. The van der Waals surface area contributed by atoms with E-state index in [2.05, 4.69) is 5.32 Å². The van der Waals surface area contributed by atoms with Gasteiger partial charge in [-0.15, -0.1) is 11.8 Å². The Labute approximate surface area is 200 Å². The van der Waals surface area contributed by atoms with Crippen LogP contribution in [0, 0.1) is 0 Å². The molecule has 2 amide bonds. The number of nitrogens with zero attached hydrogens (tertiary/aromatic N) is 1. The number of amides is 2. The number of ether oxygens (including phenoxy) is 1. The number of benzene rings is 3. The summed E-state index contributed by atoms with van der Waals surface area (Å²) in [6.45, 7) is 5.44. The third-order valence-corrected chi connectivity index (χ3v) is 6.13. The molecule has 0 fully saturated rings. The van der Waals surface area contributed by atoms with Gasteiger partial charge in [-0.05, 0) is 50.6 Å². The summed E-state index contributed by atoms with van der Waals surface area (Å²) in [6, 6.07) is 28.1. The van der Waals surface area contributed by atoms with Gasteiger partial charge in [0.2, 0.25) is 5.91 Å². The molecule has 0 heterocycles. The zero-order valence-corrected chi connectivity index (χ0v) is 20.2. The third kappa shape index (κ3) is 7.12. The Balaban J connectivity index is 2.00. The van der Waals surface area contributed by atoms with Gasteiger partial charge in [-0.25, -0.2) is 4.79 Å². The topological polar surface area (TPSA) is 58.6 Å². The smallest absolute Gasteiger partial charge is 0.408 e. The largest absolute Gasteiger partial charge is 0.444 e. The van der Waals surface area contributed by atoms with Crippen molar-refractivity contribution < 1.29 is 14.3 Å². The summed E-state index contributed by atoms with van der Waals surface area (Å²) in [5.74, 6) is -0.125. The van der Waals surface area contributed by atoms with Crippen molar-refractivity contribution in [3.8, 4) is 0 Å². The van der Waals surface area contributed by atoms with E-state index in [0.29, 0.717) is 0 Å². The summed E-state index contributed by atoms with van der Waals surface area (Å²) in [4.78, 5) is 29.2. The first kappa shape index (κ1) is 24.4. The summed E-state index contributed by atoms with van der Waals surface area (Å²) in [5, 5.41) is 2.34. The molecule has 3 aromatic rings. The van der Waals surface area contributed by atoms with Gasteiger partial charge in [0.1, 0.15) is 10.9 Å². The highest BCUT2D eigenvalue weighted by atomic mass is 32.2. The van der Waals surface area contributed by atoms with Gasteiger partial charge in [0, 0.05) is 17.6 Å². The number of para-hydroxylation sites is 1. The van der Waals surface area contributed by atoms with Gasteiger partial charge in [-0.2, -0.15) is 0 Å². The molecular formula is C27H30N2O3S. The first-order chi connectivity index (χ1) is 15.7. The number of carbonyl (C=O) groups is 2. The Bertz CT molecular complexity index is 1040. The highest BCUT2D eigenvalue weighted by Crippen LogP contribution is 2.34. The van der Waals surface area contributed by atoms with Crippen molar-refractivity contribution in [3.63, 3.8) is 0 Å². The van der Waals surface area contributed by atoms with E-state index in [1.165, 1.54) is 11.8 Å². The molecule has 0 aliphatic carbocycles. The molecule has 0 unspecified atom stereocenters. The maximum absolute atomic E-state index is 13.8. The van der Waals surface area contributed by atoms with Gasteiger partial charge >= 0.3 is 6.09 Å². The van der Waals surface area contributed by atoms with Crippen LogP contribution < -0.4 is 10.2 Å². The zero-order chi connectivity index (χ0) is 23.8. The van der Waals surface area contributed by atoms with Gasteiger partial charge < -0.3 is 15.0 Å². The van der Waals surface area contributed by atoms with Crippen LogP contribution in [0.3, 0.4) is 0 Å². The molecule has 0 spiro atoms. The lowest BCUT2D eigenvalue weighted by Crippen LogP contribution is -2.45. The van der Waals surface area contributed by atoms with Crippen molar-refractivity contribution in [3.05, 3.63) is 96.6 Å². The summed E-state index contributed by atoms with van der Waals surface area (Å²) in [5.41, 5.74) is 0.954. The molecular weight excluding hydrogens is 432 g/mol. The molecule has 0 aromatic heterocycles. The van der Waals surface area contributed by atoms with Crippen molar-refractivity contribution in [1.82, 2.24) is 5.32 Å². The van der Waals surface area contributed by atoms with Crippen molar-refractivity contribution >= 4 is 29.4 Å². The molecule has 0 radical (unpaired) electrons. The maximum Gasteiger partial charge on any atom is 0.408 e. The fourth-order valence-corrected chi connectivity index (χ4v) is 4.53. The lowest BCUT2D eigenvalue weighted by molar-refractivity contribution is -0.118. The standard InChI is InChI=1S/C27H30N2O3S/c1-27(2,3)32-26(31)28-23(20-14-8-5-9-15-20)24(33-22-18-12-7-13-19-22)25(30)29(4)21-16-10-6-11-17-21/h5-19,23-24H,1-4H3,(H,28,31)/t23-,24+/m0/s1. The molecule has 3 rings (SSSR count). The van der Waals surface area contributed by atoms with Crippen LogP contribution in [-0.4, -0.2) is 29.9 Å². The minimum Gasteiger partial charge on any atom is -0.444 e. The summed E-state index contributed by atoms with van der Waals surface area (Å²) < 4.78 is 5.53. The normalized spacial score (nSPS) is 13.0. The average Bonchev–Trinajstić information content (AvgIpc) is 2.81. The van der Waals surface area contributed by atoms with E-state index >= 15 is 0 Å². The van der Waals surface area contributed by atoms with Crippen LogP contribution in [-0.2, 0) is 9.53 Å². The van der Waals surface area contributed by atoms with Crippen LogP contribution in [0.15, 0.2) is 95.9 Å². The summed E-state index contributed by atoms with van der Waals surface area (Å²) in [6.07, 6.45) is -0.565. The quantitative estimate of drug-likeness (QED) is 0.433. The van der Waals surface area contributed by atoms with Crippen LogP contribution in [0.5, 0.6) is 0 Å². The van der Waals surface area contributed by atoms with Crippen molar-refractivity contribution in [2.75, 3.05) is 11.9 Å². The molecule has 33 heavy (non-hydrogen) atoms. The Hall–Kier alpha value is -3.25. The lowest BCUT2D eigenvalue weighted by atomic mass is 10.0. The number of carbonyl (C=O) groups excluding carboxylic acids is 2. The Morgan fingerprint density at radius 1 is 0.848 bits per heavy atom. The molecule has 0 aliphatic rings. The SMILES string of the molecule is CN(C(=O)[C@H](Sc1ccccc1)[C@@H](NC(=O)OC(C)(C)C)c1ccccc1)c1ccccc1. The van der Waals surface area contributed by atoms with Crippen molar-refractivity contribution in [2.24, 2.45) is 0 Å². The van der Waals surface area contributed by atoms with E-state index in [4.69, 9.17) is 4.74 Å². The lowest BCUT2D eigenvalue weighted by Gasteiger charge is -2.31. The van der Waals surface area contributed by atoms with Crippen LogP contribution in [0.4, 0.5) is 10.5 Å². The Morgan fingerprint density at radius 3 is 1.91 bits per heavy atom. The molecule has 2 atom stereocenters. The predicted molar refractivity (Wildman–Crippen MR) is 134 cm³/mol. The van der Waals surface area contributed by atoms with Gasteiger partial charge in [-0.3, -0.25) is 4.79 Å². The summed E-state index contributed by atoms with van der Waals surface area (Å²) >= 11 is 1.42. The molecule has 0 bridgehead atoms. The molecule has 172 valence electrons. The van der Waals surface area contributed by atoms with E-state index in [1.807, 2.05) is 112 Å². The fourth-order valence-electron chi connectivity index (χ4n) is 3.31. The van der Waals surface area contributed by atoms with E-state index in [1.54, 1.807) is 11.9 Å². The number of nitrogens with one attached hydrogen (secondary N) is 1. The molecule has 1 N–H and O–H groups in total. The number of alkyl carbamates (subject to hydrolysis) is 1. The Morgan fingerprint density at radius 2 is 1.36 bits per heavy atom. The second kappa shape index (κ2) is 11.1. The fraction of sp³-hybridized carbons (Fsp3) is 0.259. The molecule has 6 heteroatoms. The molecule has 3 aromatic carbocycles. The Kier molecular flexibility index (Phi) is 8.17. The number of hydrogen-bond donors (Lipinski definition) is 1. The van der Waals surface area contributed by atoms with E-state index in [0.717, 1.165) is 16.1 Å². The van der Waals surface area contributed by atoms with Gasteiger partial charge in [-0.1, -0.05) is 66.7 Å². The van der Waals surface area contributed by atoms with Gasteiger partial charge in [0.05, 0.1) is 6.04 Å². The van der Waals surface area contributed by atoms with Crippen LogP contribution in [0.1, 0.15) is 32.4 Å². The highest BCUT2D eigenvalue weighted by Gasteiger charge is 2.35. The maximum atomic E-state index is 13.8. The molecule has 0 saturated heterocycles. The minimum absolute atomic E-state index is 0.125. The second-order valence-corrected chi connectivity index (χ2v) is 9.83. The van der Waals surface area contributed by atoms with Crippen molar-refractivity contribution in [2.45, 2.75) is 42.6 Å². The average molecular weight is 463 g/mol. The monoisotopic (exact) mass is 462 g/mol. The first-order valence-corrected chi connectivity index (χ1v) is 11.7. The van der Waals surface area contributed by atoms with E-state index < -0.39 is 23.0 Å². The van der Waals surface area contributed by atoms with Crippen molar-refractivity contribution in [1.29, 1.82) is 0 Å². The van der Waals surface area contributed by atoms with Gasteiger partial charge in [0.25, 0.3) is 0 Å². The number of anilines is 1. The van der Waals surface area contributed by atoms with Crippen LogP contribution in [0.2, 0.25) is 0 Å². The van der Waals surface area contributed by atoms with Crippen LogP contribution in [0.25, 0.3) is 0 Å². The third-order valence-electron chi connectivity index (χ3n) is 4.86. The first-order valence-electron chi connectivity index (χ1n) is 10.8. The molecule has 0 saturated carbocycles. The number of rotatable bonds is 7.